The minimum Gasteiger partial charge on any atom is -0.290 e. The van der Waals surface area contributed by atoms with Gasteiger partial charge in [0.1, 0.15) is 10.8 Å². The molecule has 4 rings (SSSR count). The second-order valence-corrected chi connectivity index (χ2v) is 8.33. The number of hydrogen-bond acceptors (Lipinski definition) is 5. The molecule has 28 heavy (non-hydrogen) atoms. The molecule has 2 aromatic carbocycles. The van der Waals surface area contributed by atoms with Gasteiger partial charge in [0, 0.05) is 23.2 Å². The van der Waals surface area contributed by atoms with Gasteiger partial charge in [-0.3, -0.25) is 9.69 Å². The van der Waals surface area contributed by atoms with Crippen LogP contribution in [0.4, 0.5) is 10.1 Å². The predicted octanol–water partition coefficient (Wildman–Crippen LogP) is 5.06. The van der Waals surface area contributed by atoms with Crippen molar-refractivity contribution in [2.24, 2.45) is 4.99 Å². The highest BCUT2D eigenvalue weighted by Crippen LogP contribution is 2.27. The molecule has 2 heterocycles. The number of carbonyl (C=O) groups is 1. The SMILES string of the molecule is Cc1ccccc1N=C1SCCN1C(=O)Cc1csc(-c2cccc(F)c2)n1. The molecule has 1 aliphatic heterocycles. The number of carbonyl (C=O) groups excluding carboxylic acids is 1. The third-order valence-electron chi connectivity index (χ3n) is 4.37. The first-order chi connectivity index (χ1) is 13.6. The number of hydrogen-bond donors (Lipinski definition) is 0. The number of benzene rings is 2. The fourth-order valence-corrected chi connectivity index (χ4v) is 4.70. The second-order valence-electron chi connectivity index (χ2n) is 6.41. The number of amides is 1. The molecule has 0 N–H and O–H groups in total. The number of rotatable bonds is 4. The summed E-state index contributed by atoms with van der Waals surface area (Å²) in [6.45, 7) is 2.66. The van der Waals surface area contributed by atoms with Crippen molar-refractivity contribution in [3.8, 4) is 10.6 Å². The summed E-state index contributed by atoms with van der Waals surface area (Å²) in [5.41, 5.74) is 3.38. The van der Waals surface area contributed by atoms with Gasteiger partial charge in [0.25, 0.3) is 0 Å². The van der Waals surface area contributed by atoms with Crippen LogP contribution in [0.1, 0.15) is 11.3 Å². The summed E-state index contributed by atoms with van der Waals surface area (Å²) in [6, 6.07) is 14.2. The average Bonchev–Trinajstić information content (AvgIpc) is 3.33. The summed E-state index contributed by atoms with van der Waals surface area (Å²) >= 11 is 3.01. The number of aromatic nitrogens is 1. The molecule has 1 saturated heterocycles. The minimum absolute atomic E-state index is 0.0200. The zero-order chi connectivity index (χ0) is 19.5. The number of para-hydroxylation sites is 1. The summed E-state index contributed by atoms with van der Waals surface area (Å²) in [4.78, 5) is 23.8. The lowest BCUT2D eigenvalue weighted by Gasteiger charge is -2.15. The van der Waals surface area contributed by atoms with Crippen LogP contribution in [0.2, 0.25) is 0 Å². The van der Waals surface area contributed by atoms with Crippen LogP contribution in [-0.2, 0) is 11.2 Å². The highest BCUT2D eigenvalue weighted by Gasteiger charge is 2.26. The van der Waals surface area contributed by atoms with Gasteiger partial charge in [-0.15, -0.1) is 11.3 Å². The van der Waals surface area contributed by atoms with Gasteiger partial charge in [-0.05, 0) is 30.7 Å². The van der Waals surface area contributed by atoms with Gasteiger partial charge in [-0.1, -0.05) is 42.1 Å². The lowest BCUT2D eigenvalue weighted by molar-refractivity contribution is -0.126. The molecule has 0 atom stereocenters. The van der Waals surface area contributed by atoms with E-state index >= 15 is 0 Å². The van der Waals surface area contributed by atoms with Crippen LogP contribution < -0.4 is 0 Å². The Labute approximate surface area is 171 Å². The number of halogens is 1. The van der Waals surface area contributed by atoms with Crippen LogP contribution in [0.25, 0.3) is 10.6 Å². The second kappa shape index (κ2) is 8.24. The van der Waals surface area contributed by atoms with E-state index in [-0.39, 0.29) is 18.1 Å². The Balaban J connectivity index is 1.50. The van der Waals surface area contributed by atoms with E-state index in [1.807, 2.05) is 42.6 Å². The Morgan fingerprint density at radius 3 is 2.93 bits per heavy atom. The van der Waals surface area contributed by atoms with E-state index < -0.39 is 0 Å². The molecule has 1 fully saturated rings. The van der Waals surface area contributed by atoms with Gasteiger partial charge in [0.2, 0.25) is 5.91 Å². The standard InChI is InChI=1S/C21H18FN3OS2/c1-14-5-2-3-8-18(14)24-21-25(9-10-27-21)19(26)12-17-13-28-20(23-17)15-6-4-7-16(22)11-15/h2-8,11,13H,9-10,12H2,1H3. The first kappa shape index (κ1) is 18.8. The van der Waals surface area contributed by atoms with Crippen LogP contribution >= 0.6 is 23.1 Å². The Bertz CT molecular complexity index is 1050. The third kappa shape index (κ3) is 4.15. The molecular weight excluding hydrogens is 393 g/mol. The Hall–Kier alpha value is -2.51. The number of aliphatic imine (C=N–C) groups is 1. The zero-order valence-corrected chi connectivity index (χ0v) is 16.9. The van der Waals surface area contributed by atoms with Crippen molar-refractivity contribution in [2.45, 2.75) is 13.3 Å². The van der Waals surface area contributed by atoms with Gasteiger partial charge in [-0.2, -0.15) is 0 Å². The van der Waals surface area contributed by atoms with Gasteiger partial charge in [0.05, 0.1) is 17.8 Å². The van der Waals surface area contributed by atoms with Crippen LogP contribution in [-0.4, -0.2) is 33.3 Å². The van der Waals surface area contributed by atoms with E-state index in [1.54, 1.807) is 22.7 Å². The van der Waals surface area contributed by atoms with E-state index in [4.69, 9.17) is 0 Å². The Kier molecular flexibility index (Phi) is 5.54. The van der Waals surface area contributed by atoms with Crippen molar-refractivity contribution in [1.29, 1.82) is 0 Å². The maximum Gasteiger partial charge on any atom is 0.234 e. The highest BCUT2D eigenvalue weighted by molar-refractivity contribution is 8.14. The largest absolute Gasteiger partial charge is 0.290 e. The number of amidine groups is 1. The van der Waals surface area contributed by atoms with Gasteiger partial charge >= 0.3 is 0 Å². The van der Waals surface area contributed by atoms with Crippen molar-refractivity contribution < 1.29 is 9.18 Å². The molecule has 0 bridgehead atoms. The molecule has 7 heteroatoms. The molecule has 1 aliphatic rings. The fraction of sp³-hybridized carbons (Fsp3) is 0.190. The Morgan fingerprint density at radius 1 is 1.25 bits per heavy atom. The zero-order valence-electron chi connectivity index (χ0n) is 15.3. The molecule has 0 radical (unpaired) electrons. The van der Waals surface area contributed by atoms with E-state index in [0.717, 1.165) is 27.7 Å². The number of nitrogens with zero attached hydrogens (tertiary/aromatic N) is 3. The lowest BCUT2D eigenvalue weighted by atomic mass is 10.2. The van der Waals surface area contributed by atoms with Gasteiger partial charge in [0.15, 0.2) is 5.17 Å². The number of thiazole rings is 1. The molecule has 0 unspecified atom stereocenters. The third-order valence-corrected chi connectivity index (χ3v) is 6.26. The summed E-state index contributed by atoms with van der Waals surface area (Å²) in [5, 5.41) is 3.31. The topological polar surface area (TPSA) is 45.6 Å². The van der Waals surface area contributed by atoms with Crippen LogP contribution in [0.3, 0.4) is 0 Å². The maximum atomic E-state index is 13.4. The minimum atomic E-state index is -0.295. The van der Waals surface area contributed by atoms with E-state index in [9.17, 15) is 9.18 Å². The Morgan fingerprint density at radius 2 is 2.11 bits per heavy atom. The molecule has 142 valence electrons. The summed E-state index contributed by atoms with van der Waals surface area (Å²) in [7, 11) is 0. The molecule has 3 aromatic rings. The van der Waals surface area contributed by atoms with Crippen LogP contribution in [0.15, 0.2) is 58.9 Å². The first-order valence-corrected chi connectivity index (χ1v) is 10.7. The molecule has 1 aromatic heterocycles. The van der Waals surface area contributed by atoms with Crippen molar-refractivity contribution in [3.05, 3.63) is 71.0 Å². The van der Waals surface area contributed by atoms with Gasteiger partial charge in [-0.25, -0.2) is 14.4 Å². The number of aryl methyl sites for hydroxylation is 1. The van der Waals surface area contributed by atoms with Crippen LogP contribution in [0, 0.1) is 12.7 Å². The normalized spacial score (nSPS) is 15.4. The lowest BCUT2D eigenvalue weighted by Crippen LogP contribution is -2.33. The molecule has 0 aliphatic carbocycles. The maximum absolute atomic E-state index is 13.4. The summed E-state index contributed by atoms with van der Waals surface area (Å²) in [5.74, 6) is 0.520. The van der Waals surface area contributed by atoms with Crippen molar-refractivity contribution in [3.63, 3.8) is 0 Å². The summed E-state index contributed by atoms with van der Waals surface area (Å²) in [6.07, 6.45) is 0.208. The van der Waals surface area contributed by atoms with Crippen molar-refractivity contribution >= 4 is 39.9 Å². The van der Waals surface area contributed by atoms with E-state index in [1.165, 1.54) is 23.5 Å². The fourth-order valence-electron chi connectivity index (χ4n) is 2.91. The molecule has 4 nitrogen and oxygen atoms in total. The molecule has 1 amide bonds. The average molecular weight is 412 g/mol. The quantitative estimate of drug-likeness (QED) is 0.603. The van der Waals surface area contributed by atoms with E-state index in [0.29, 0.717) is 17.2 Å². The van der Waals surface area contributed by atoms with Crippen molar-refractivity contribution in [1.82, 2.24) is 9.88 Å². The highest BCUT2D eigenvalue weighted by atomic mass is 32.2. The molecular formula is C21H18FN3OS2. The van der Waals surface area contributed by atoms with Crippen LogP contribution in [0.5, 0.6) is 0 Å². The van der Waals surface area contributed by atoms with Crippen molar-refractivity contribution in [2.75, 3.05) is 12.3 Å². The summed E-state index contributed by atoms with van der Waals surface area (Å²) < 4.78 is 13.4. The van der Waals surface area contributed by atoms with Gasteiger partial charge < -0.3 is 0 Å². The number of thioether (sulfide) groups is 1. The first-order valence-electron chi connectivity index (χ1n) is 8.88. The molecule has 0 saturated carbocycles. The smallest absolute Gasteiger partial charge is 0.234 e. The molecule has 0 spiro atoms. The predicted molar refractivity (Wildman–Crippen MR) is 114 cm³/mol. The van der Waals surface area contributed by atoms with E-state index in [2.05, 4.69) is 9.98 Å². The monoisotopic (exact) mass is 411 g/mol.